The molecule has 0 unspecified atom stereocenters. The molecule has 2 saturated heterocycles. The van der Waals surface area contributed by atoms with Crippen molar-refractivity contribution in [2.75, 3.05) is 39.4 Å². The molecule has 128 valence electrons. The van der Waals surface area contributed by atoms with Crippen molar-refractivity contribution in [1.29, 1.82) is 0 Å². The van der Waals surface area contributed by atoms with E-state index in [0.717, 1.165) is 49.1 Å². The van der Waals surface area contributed by atoms with Crippen LogP contribution in [-0.4, -0.2) is 60.1 Å². The molecule has 24 heavy (non-hydrogen) atoms. The van der Waals surface area contributed by atoms with Crippen LogP contribution < -0.4 is 0 Å². The molecule has 4 rings (SSSR count). The predicted octanol–water partition coefficient (Wildman–Crippen LogP) is 2.57. The zero-order chi connectivity index (χ0) is 16.4. The second-order valence-electron chi connectivity index (χ2n) is 6.64. The molecule has 2 aliphatic heterocycles. The van der Waals surface area contributed by atoms with Crippen LogP contribution in [0.1, 0.15) is 21.1 Å². The van der Waals surface area contributed by atoms with E-state index in [9.17, 15) is 4.79 Å². The van der Waals surface area contributed by atoms with E-state index in [0.29, 0.717) is 13.2 Å². The Bertz CT molecular complexity index is 674. The Balaban J connectivity index is 1.45. The highest BCUT2D eigenvalue weighted by Crippen LogP contribution is 2.35. The lowest BCUT2D eigenvalue weighted by molar-refractivity contribution is 0.0647. The Morgan fingerprint density at radius 2 is 2.25 bits per heavy atom. The maximum atomic E-state index is 12.8. The van der Waals surface area contributed by atoms with Gasteiger partial charge in [0.1, 0.15) is 5.01 Å². The number of rotatable bonds is 3. The third-order valence-electron chi connectivity index (χ3n) is 4.82. The Morgan fingerprint density at radius 1 is 1.29 bits per heavy atom. The Kier molecular flexibility index (Phi) is 4.67. The van der Waals surface area contributed by atoms with Gasteiger partial charge in [0.15, 0.2) is 0 Å². The summed E-state index contributed by atoms with van der Waals surface area (Å²) in [6, 6.07) is 3.85. The first-order valence-electron chi connectivity index (χ1n) is 8.25. The second kappa shape index (κ2) is 6.92. The third kappa shape index (κ3) is 3.39. The molecule has 1 spiro atoms. The van der Waals surface area contributed by atoms with Crippen molar-refractivity contribution in [3.05, 3.63) is 39.0 Å². The molecule has 2 fully saturated rings. The minimum absolute atomic E-state index is 0.0562. The van der Waals surface area contributed by atoms with Crippen molar-refractivity contribution in [1.82, 2.24) is 14.8 Å². The molecule has 1 amide bonds. The number of amides is 1. The monoisotopic (exact) mass is 363 g/mol. The van der Waals surface area contributed by atoms with Gasteiger partial charge in [-0.2, -0.15) is 0 Å². The molecular weight excluding hydrogens is 342 g/mol. The molecule has 0 bridgehead atoms. The number of hydrogen-bond donors (Lipinski definition) is 0. The van der Waals surface area contributed by atoms with Gasteiger partial charge < -0.3 is 9.64 Å². The summed E-state index contributed by atoms with van der Waals surface area (Å²) in [6.07, 6.45) is 2.94. The number of carbonyl (C=O) groups is 1. The van der Waals surface area contributed by atoms with E-state index < -0.39 is 0 Å². The molecule has 5 nitrogen and oxygen atoms in total. The molecule has 7 heteroatoms. The van der Waals surface area contributed by atoms with Gasteiger partial charge in [0, 0.05) is 36.6 Å². The van der Waals surface area contributed by atoms with Crippen LogP contribution >= 0.6 is 22.7 Å². The first kappa shape index (κ1) is 16.2. The Hall–Kier alpha value is -1.28. The zero-order valence-electron chi connectivity index (χ0n) is 13.5. The van der Waals surface area contributed by atoms with Gasteiger partial charge in [-0.25, -0.2) is 4.98 Å². The summed E-state index contributed by atoms with van der Waals surface area (Å²) in [5, 5.41) is 5.15. The summed E-state index contributed by atoms with van der Waals surface area (Å²) in [5.74, 6) is 0.147. The van der Waals surface area contributed by atoms with E-state index >= 15 is 0 Å². The van der Waals surface area contributed by atoms with Crippen LogP contribution in [-0.2, 0) is 11.3 Å². The summed E-state index contributed by atoms with van der Waals surface area (Å²) in [6.45, 7) is 5.77. The molecule has 0 aliphatic carbocycles. The lowest BCUT2D eigenvalue weighted by Gasteiger charge is -2.31. The van der Waals surface area contributed by atoms with E-state index in [1.54, 1.807) is 11.3 Å². The largest absolute Gasteiger partial charge is 0.379 e. The number of nitrogens with zero attached hydrogens (tertiary/aromatic N) is 3. The summed E-state index contributed by atoms with van der Waals surface area (Å²) in [7, 11) is 0. The maximum Gasteiger partial charge on any atom is 0.264 e. The van der Waals surface area contributed by atoms with Gasteiger partial charge in [0.25, 0.3) is 5.91 Å². The highest BCUT2D eigenvalue weighted by molar-refractivity contribution is 7.12. The summed E-state index contributed by atoms with van der Waals surface area (Å²) >= 11 is 3.22. The number of thiophene rings is 1. The number of ether oxygens (including phenoxy) is 1. The van der Waals surface area contributed by atoms with Gasteiger partial charge in [0.2, 0.25) is 0 Å². The summed E-state index contributed by atoms with van der Waals surface area (Å²) in [4.78, 5) is 22.4. The number of aromatic nitrogens is 1. The molecule has 4 heterocycles. The van der Waals surface area contributed by atoms with Crippen molar-refractivity contribution >= 4 is 28.6 Å². The fraction of sp³-hybridized carbons (Fsp3) is 0.529. The lowest BCUT2D eigenvalue weighted by atomic mass is 9.87. The molecule has 1 atom stereocenters. The van der Waals surface area contributed by atoms with Crippen molar-refractivity contribution in [2.45, 2.75) is 13.0 Å². The number of hydrogen-bond acceptors (Lipinski definition) is 6. The van der Waals surface area contributed by atoms with Gasteiger partial charge in [-0.05, 0) is 24.4 Å². The predicted molar refractivity (Wildman–Crippen MR) is 95.5 cm³/mol. The highest BCUT2D eigenvalue weighted by Gasteiger charge is 2.42. The van der Waals surface area contributed by atoms with Crippen LogP contribution in [0.5, 0.6) is 0 Å². The molecule has 0 N–H and O–H groups in total. The number of carbonyl (C=O) groups excluding carboxylic acids is 1. The molecule has 2 aromatic heterocycles. The van der Waals surface area contributed by atoms with E-state index in [1.807, 2.05) is 34.0 Å². The molecular formula is C17H21N3O2S2. The number of likely N-dealkylation sites (tertiary alicyclic amines) is 1. The van der Waals surface area contributed by atoms with Gasteiger partial charge in [-0.1, -0.05) is 6.07 Å². The van der Waals surface area contributed by atoms with E-state index in [-0.39, 0.29) is 11.3 Å². The third-order valence-corrected chi connectivity index (χ3v) is 6.44. The quantitative estimate of drug-likeness (QED) is 0.841. The standard InChI is InChI=1S/C17H21N3O2S2/c21-16(14-2-1-8-23-14)20-6-7-22-13-17(12-20)3-5-19(11-17)10-15-18-4-9-24-15/h1-2,4,8-9H,3,5-7,10-13H2/t17-/m1/s1. The van der Waals surface area contributed by atoms with Crippen molar-refractivity contribution < 1.29 is 9.53 Å². The lowest BCUT2D eigenvalue weighted by Crippen LogP contribution is -2.43. The average molecular weight is 364 g/mol. The molecule has 0 aromatic carbocycles. The topological polar surface area (TPSA) is 45.7 Å². The SMILES string of the molecule is O=C(c1cccs1)N1CCOC[C@@]2(CCN(Cc3nccs3)C2)C1. The van der Waals surface area contributed by atoms with Gasteiger partial charge in [0.05, 0.1) is 24.6 Å². The zero-order valence-corrected chi connectivity index (χ0v) is 15.2. The smallest absolute Gasteiger partial charge is 0.264 e. The van der Waals surface area contributed by atoms with Crippen molar-refractivity contribution in [2.24, 2.45) is 5.41 Å². The van der Waals surface area contributed by atoms with Crippen LogP contribution in [0.3, 0.4) is 0 Å². The van der Waals surface area contributed by atoms with E-state index in [4.69, 9.17) is 4.74 Å². The van der Waals surface area contributed by atoms with Crippen LogP contribution in [0, 0.1) is 5.41 Å². The fourth-order valence-corrected chi connectivity index (χ4v) is 5.00. The Labute approximate surface area is 149 Å². The normalized spacial score (nSPS) is 25.2. The van der Waals surface area contributed by atoms with Gasteiger partial charge in [-0.3, -0.25) is 9.69 Å². The van der Waals surface area contributed by atoms with Gasteiger partial charge in [-0.15, -0.1) is 22.7 Å². The van der Waals surface area contributed by atoms with Crippen LogP contribution in [0.4, 0.5) is 0 Å². The van der Waals surface area contributed by atoms with Crippen LogP contribution in [0.2, 0.25) is 0 Å². The van der Waals surface area contributed by atoms with Crippen LogP contribution in [0.15, 0.2) is 29.1 Å². The van der Waals surface area contributed by atoms with E-state index in [1.165, 1.54) is 11.3 Å². The maximum absolute atomic E-state index is 12.8. The highest BCUT2D eigenvalue weighted by atomic mass is 32.1. The van der Waals surface area contributed by atoms with Crippen molar-refractivity contribution in [3.63, 3.8) is 0 Å². The first-order chi connectivity index (χ1) is 11.7. The first-order valence-corrected chi connectivity index (χ1v) is 10.0. The summed E-state index contributed by atoms with van der Waals surface area (Å²) < 4.78 is 5.88. The summed E-state index contributed by atoms with van der Waals surface area (Å²) in [5.41, 5.74) is 0.0562. The molecule has 0 saturated carbocycles. The fourth-order valence-electron chi connectivity index (χ4n) is 3.65. The Morgan fingerprint density at radius 3 is 3.04 bits per heavy atom. The molecule has 2 aliphatic rings. The number of thiazole rings is 1. The van der Waals surface area contributed by atoms with Gasteiger partial charge >= 0.3 is 0 Å². The molecule has 0 radical (unpaired) electrons. The minimum Gasteiger partial charge on any atom is -0.379 e. The van der Waals surface area contributed by atoms with E-state index in [2.05, 4.69) is 9.88 Å². The van der Waals surface area contributed by atoms with Crippen molar-refractivity contribution in [3.8, 4) is 0 Å². The average Bonchev–Trinajstić information content (AvgIpc) is 3.30. The molecule has 2 aromatic rings. The second-order valence-corrected chi connectivity index (χ2v) is 8.57. The minimum atomic E-state index is 0.0562. The van der Waals surface area contributed by atoms with Crippen LogP contribution in [0.25, 0.3) is 0 Å².